The van der Waals surface area contributed by atoms with E-state index in [-0.39, 0.29) is 6.04 Å². The second-order valence-electron chi connectivity index (χ2n) is 4.27. The van der Waals surface area contributed by atoms with Crippen LogP contribution in [0.4, 0.5) is 0 Å². The normalized spacial score (nSPS) is 28.9. The second-order valence-corrected chi connectivity index (χ2v) is 4.27. The zero-order valence-electron chi connectivity index (χ0n) is 9.35. The Morgan fingerprint density at radius 2 is 1.81 bits per heavy atom. The Labute approximate surface area is 95.6 Å². The summed E-state index contributed by atoms with van der Waals surface area (Å²) >= 11 is 0. The van der Waals surface area contributed by atoms with Crippen molar-refractivity contribution in [2.24, 2.45) is 17.2 Å². The molecule has 0 fully saturated rings. The number of aryl methyl sites for hydroxylation is 1. The van der Waals surface area contributed by atoms with Gasteiger partial charge in [0.25, 0.3) is 0 Å². The highest BCUT2D eigenvalue weighted by Gasteiger charge is 2.37. The third-order valence-electron chi connectivity index (χ3n) is 3.13. The molecule has 0 aliphatic heterocycles. The number of nitrogens with two attached hydrogens (primary N) is 3. The number of hydrogen-bond acceptors (Lipinski definition) is 3. The Morgan fingerprint density at radius 1 is 1.19 bits per heavy atom. The summed E-state index contributed by atoms with van der Waals surface area (Å²) in [7, 11) is 0. The van der Waals surface area contributed by atoms with Crippen molar-refractivity contribution in [3.63, 3.8) is 0 Å². The van der Waals surface area contributed by atoms with Crippen LogP contribution >= 0.6 is 0 Å². The molecular formula is C13H17N3. The number of benzene rings is 1. The molecule has 0 radical (unpaired) electrons. The number of rotatable bonds is 1. The molecule has 0 aromatic heterocycles. The lowest BCUT2D eigenvalue weighted by molar-refractivity contribution is 0.457. The molecule has 0 amide bonds. The van der Waals surface area contributed by atoms with Crippen molar-refractivity contribution in [1.29, 1.82) is 0 Å². The Balaban J connectivity index is 2.49. The fraction of sp³-hybridized carbons (Fsp3) is 0.231. The van der Waals surface area contributed by atoms with Crippen LogP contribution in [0.15, 0.2) is 48.2 Å². The minimum Gasteiger partial charge on any atom is -0.400 e. The summed E-state index contributed by atoms with van der Waals surface area (Å²) in [6.45, 7) is 2.03. The van der Waals surface area contributed by atoms with Gasteiger partial charge in [-0.2, -0.15) is 0 Å². The SMILES string of the molecule is Cc1ccc(C2(N)C(N)=CC=CC2N)cc1. The molecule has 3 heteroatoms. The van der Waals surface area contributed by atoms with Gasteiger partial charge in [0.2, 0.25) is 0 Å². The molecule has 0 saturated carbocycles. The highest BCUT2D eigenvalue weighted by molar-refractivity contribution is 5.42. The molecule has 0 saturated heterocycles. The molecule has 2 rings (SSSR count). The summed E-state index contributed by atoms with van der Waals surface area (Å²) in [4.78, 5) is 0. The Bertz CT molecular complexity index is 445. The van der Waals surface area contributed by atoms with Crippen LogP contribution in [0.5, 0.6) is 0 Å². The summed E-state index contributed by atoms with van der Waals surface area (Å²) in [6, 6.07) is 7.70. The Kier molecular flexibility index (Phi) is 2.58. The number of hydrogen-bond donors (Lipinski definition) is 3. The van der Waals surface area contributed by atoms with Gasteiger partial charge in [0, 0.05) is 5.70 Å². The molecule has 3 nitrogen and oxygen atoms in total. The zero-order chi connectivity index (χ0) is 11.8. The van der Waals surface area contributed by atoms with Gasteiger partial charge in [-0.15, -0.1) is 0 Å². The molecule has 84 valence electrons. The first kappa shape index (κ1) is 10.9. The molecule has 0 heterocycles. The smallest absolute Gasteiger partial charge is 0.100 e. The average molecular weight is 215 g/mol. The molecular weight excluding hydrogens is 198 g/mol. The van der Waals surface area contributed by atoms with Crippen LogP contribution in [-0.2, 0) is 5.54 Å². The summed E-state index contributed by atoms with van der Waals surface area (Å²) in [6.07, 6.45) is 5.53. The predicted octanol–water partition coefficient (Wildman–Crippen LogP) is 0.889. The van der Waals surface area contributed by atoms with E-state index in [4.69, 9.17) is 17.2 Å². The van der Waals surface area contributed by atoms with Crippen LogP contribution < -0.4 is 17.2 Å². The van der Waals surface area contributed by atoms with E-state index in [1.807, 2.05) is 49.4 Å². The lowest BCUT2D eigenvalue weighted by Crippen LogP contribution is -2.55. The van der Waals surface area contributed by atoms with E-state index in [0.717, 1.165) is 5.56 Å². The molecule has 1 aromatic carbocycles. The van der Waals surface area contributed by atoms with Crippen LogP contribution in [0.1, 0.15) is 11.1 Å². The van der Waals surface area contributed by atoms with Crippen LogP contribution in [0.25, 0.3) is 0 Å². The standard InChI is InChI=1S/C13H17N3/c1-9-5-7-10(8-6-9)13(16)11(14)3-2-4-12(13)15/h2-8,11H,14-16H2,1H3. The largest absolute Gasteiger partial charge is 0.400 e. The molecule has 16 heavy (non-hydrogen) atoms. The Hall–Kier alpha value is -1.58. The molecule has 2 atom stereocenters. The number of allylic oxidation sites excluding steroid dienone is 2. The molecule has 0 bridgehead atoms. The third-order valence-corrected chi connectivity index (χ3v) is 3.13. The fourth-order valence-corrected chi connectivity index (χ4v) is 1.95. The van der Waals surface area contributed by atoms with Gasteiger partial charge in [-0.1, -0.05) is 42.0 Å². The van der Waals surface area contributed by atoms with Gasteiger partial charge in [-0.05, 0) is 18.6 Å². The van der Waals surface area contributed by atoms with Gasteiger partial charge in [-0.3, -0.25) is 0 Å². The van der Waals surface area contributed by atoms with Crippen LogP contribution in [0.2, 0.25) is 0 Å². The van der Waals surface area contributed by atoms with E-state index in [1.54, 1.807) is 0 Å². The highest BCUT2D eigenvalue weighted by Crippen LogP contribution is 2.30. The van der Waals surface area contributed by atoms with Gasteiger partial charge in [0.1, 0.15) is 5.54 Å². The van der Waals surface area contributed by atoms with Crippen LogP contribution in [0.3, 0.4) is 0 Å². The first-order valence-electron chi connectivity index (χ1n) is 5.31. The minimum atomic E-state index is -0.789. The van der Waals surface area contributed by atoms with Crippen molar-refractivity contribution < 1.29 is 0 Å². The van der Waals surface area contributed by atoms with Crippen molar-refractivity contribution >= 4 is 0 Å². The van der Waals surface area contributed by atoms with Crippen LogP contribution in [-0.4, -0.2) is 6.04 Å². The van der Waals surface area contributed by atoms with Crippen molar-refractivity contribution in [1.82, 2.24) is 0 Å². The maximum absolute atomic E-state index is 6.35. The van der Waals surface area contributed by atoms with Gasteiger partial charge < -0.3 is 17.2 Å². The summed E-state index contributed by atoms with van der Waals surface area (Å²) in [5.74, 6) is 0. The molecule has 1 aliphatic carbocycles. The minimum absolute atomic E-state index is 0.291. The lowest BCUT2D eigenvalue weighted by Gasteiger charge is -2.36. The monoisotopic (exact) mass is 215 g/mol. The topological polar surface area (TPSA) is 78.1 Å². The van der Waals surface area contributed by atoms with Crippen molar-refractivity contribution in [3.8, 4) is 0 Å². The van der Waals surface area contributed by atoms with Crippen molar-refractivity contribution in [2.45, 2.75) is 18.5 Å². The van der Waals surface area contributed by atoms with E-state index in [0.29, 0.717) is 5.70 Å². The van der Waals surface area contributed by atoms with Gasteiger partial charge in [-0.25, -0.2) is 0 Å². The fourth-order valence-electron chi connectivity index (χ4n) is 1.95. The molecule has 1 aromatic rings. The van der Waals surface area contributed by atoms with Crippen molar-refractivity contribution in [2.75, 3.05) is 0 Å². The highest BCUT2D eigenvalue weighted by atomic mass is 14.9. The molecule has 6 N–H and O–H groups in total. The predicted molar refractivity (Wildman–Crippen MR) is 66.4 cm³/mol. The van der Waals surface area contributed by atoms with Crippen molar-refractivity contribution in [3.05, 3.63) is 59.3 Å². The molecule has 2 unspecified atom stereocenters. The van der Waals surface area contributed by atoms with E-state index < -0.39 is 5.54 Å². The van der Waals surface area contributed by atoms with E-state index in [9.17, 15) is 0 Å². The van der Waals surface area contributed by atoms with Gasteiger partial charge in [0.15, 0.2) is 0 Å². The average Bonchev–Trinajstić information content (AvgIpc) is 2.27. The van der Waals surface area contributed by atoms with Gasteiger partial charge in [0.05, 0.1) is 6.04 Å². The molecule has 1 aliphatic rings. The Morgan fingerprint density at radius 3 is 2.38 bits per heavy atom. The molecule has 0 spiro atoms. The quantitative estimate of drug-likeness (QED) is 0.651. The van der Waals surface area contributed by atoms with E-state index in [1.165, 1.54) is 5.56 Å². The van der Waals surface area contributed by atoms with Crippen LogP contribution in [0, 0.1) is 6.92 Å². The maximum atomic E-state index is 6.35. The summed E-state index contributed by atoms with van der Waals surface area (Å²) in [5.41, 5.74) is 20.3. The van der Waals surface area contributed by atoms with E-state index in [2.05, 4.69) is 0 Å². The first-order valence-corrected chi connectivity index (χ1v) is 5.31. The first-order chi connectivity index (χ1) is 7.55. The maximum Gasteiger partial charge on any atom is 0.100 e. The third kappa shape index (κ3) is 1.54. The lowest BCUT2D eigenvalue weighted by atomic mass is 9.78. The second kappa shape index (κ2) is 3.77. The van der Waals surface area contributed by atoms with E-state index >= 15 is 0 Å². The zero-order valence-corrected chi connectivity index (χ0v) is 9.35. The summed E-state index contributed by atoms with van der Waals surface area (Å²) in [5, 5.41) is 0. The van der Waals surface area contributed by atoms with Gasteiger partial charge >= 0.3 is 0 Å². The summed E-state index contributed by atoms with van der Waals surface area (Å²) < 4.78 is 0.